The molecule has 2 nitrogen and oxygen atoms in total. The van der Waals surface area contributed by atoms with Crippen LogP contribution in [0.4, 0.5) is 0 Å². The van der Waals surface area contributed by atoms with Crippen LogP contribution in [0.5, 0.6) is 0 Å². The molecule has 3 aliphatic rings. The van der Waals surface area contributed by atoms with E-state index in [9.17, 15) is 0 Å². The molecule has 0 radical (unpaired) electrons. The van der Waals surface area contributed by atoms with Crippen LogP contribution >= 0.6 is 0 Å². The zero-order valence-corrected chi connectivity index (χ0v) is 6.90. The standard InChI is InChI=1S/C9H16N2/c1-2-7(1)11-8-3-9(4-8)5-10-6-9/h7-8,10-11H,1-6H2. The number of rotatable bonds is 2. The molecule has 0 aromatic heterocycles. The molecular weight excluding hydrogens is 136 g/mol. The molecule has 2 aliphatic carbocycles. The van der Waals surface area contributed by atoms with Crippen LogP contribution in [-0.2, 0) is 0 Å². The molecule has 0 amide bonds. The van der Waals surface area contributed by atoms with E-state index in [2.05, 4.69) is 10.6 Å². The Kier molecular flexibility index (Phi) is 1.16. The Morgan fingerprint density at radius 2 is 1.82 bits per heavy atom. The first kappa shape index (κ1) is 6.44. The molecule has 2 saturated carbocycles. The van der Waals surface area contributed by atoms with Gasteiger partial charge in [0.1, 0.15) is 0 Å². The normalized spacial score (nSPS) is 34.9. The Morgan fingerprint density at radius 3 is 2.27 bits per heavy atom. The highest BCUT2D eigenvalue weighted by Crippen LogP contribution is 2.44. The predicted octanol–water partition coefficient (Wildman–Crippen LogP) is 0.490. The van der Waals surface area contributed by atoms with Crippen molar-refractivity contribution < 1.29 is 0 Å². The lowest BCUT2D eigenvalue weighted by Gasteiger charge is -2.54. The largest absolute Gasteiger partial charge is 0.316 e. The van der Waals surface area contributed by atoms with Gasteiger partial charge >= 0.3 is 0 Å². The third-order valence-electron chi connectivity index (χ3n) is 3.41. The van der Waals surface area contributed by atoms with E-state index < -0.39 is 0 Å². The lowest BCUT2D eigenvalue weighted by atomic mass is 9.61. The third-order valence-corrected chi connectivity index (χ3v) is 3.41. The lowest BCUT2D eigenvalue weighted by molar-refractivity contribution is 0.0229. The maximum atomic E-state index is 3.69. The first-order valence-electron chi connectivity index (χ1n) is 4.83. The first-order chi connectivity index (χ1) is 5.36. The van der Waals surface area contributed by atoms with Gasteiger partial charge < -0.3 is 10.6 Å². The molecule has 1 heterocycles. The summed E-state index contributed by atoms with van der Waals surface area (Å²) in [7, 11) is 0. The summed E-state index contributed by atoms with van der Waals surface area (Å²) in [6.45, 7) is 2.58. The minimum absolute atomic E-state index is 0.757. The third kappa shape index (κ3) is 1.00. The van der Waals surface area contributed by atoms with Crippen molar-refractivity contribution >= 4 is 0 Å². The van der Waals surface area contributed by atoms with Crippen molar-refractivity contribution in [3.63, 3.8) is 0 Å². The molecule has 3 rings (SSSR count). The second-order valence-corrected chi connectivity index (χ2v) is 4.65. The van der Waals surface area contributed by atoms with E-state index in [1.807, 2.05) is 0 Å². The zero-order valence-electron chi connectivity index (χ0n) is 6.90. The molecule has 0 aromatic carbocycles. The van der Waals surface area contributed by atoms with Crippen molar-refractivity contribution in [2.45, 2.75) is 37.8 Å². The highest BCUT2D eigenvalue weighted by Gasteiger charge is 2.49. The van der Waals surface area contributed by atoms with E-state index in [1.54, 1.807) is 0 Å². The maximum Gasteiger partial charge on any atom is 0.00821 e. The van der Waals surface area contributed by atoms with Crippen LogP contribution in [-0.4, -0.2) is 25.2 Å². The molecule has 62 valence electrons. The molecule has 2 N–H and O–H groups in total. The van der Waals surface area contributed by atoms with Crippen LogP contribution in [0.15, 0.2) is 0 Å². The van der Waals surface area contributed by atoms with Crippen LogP contribution in [0.3, 0.4) is 0 Å². The van der Waals surface area contributed by atoms with Gasteiger partial charge in [0.2, 0.25) is 0 Å². The number of nitrogens with one attached hydrogen (secondary N) is 2. The van der Waals surface area contributed by atoms with Gasteiger partial charge in [0, 0.05) is 25.2 Å². The molecule has 1 spiro atoms. The van der Waals surface area contributed by atoms with E-state index >= 15 is 0 Å². The van der Waals surface area contributed by atoms with E-state index in [4.69, 9.17) is 0 Å². The molecule has 11 heavy (non-hydrogen) atoms. The predicted molar refractivity (Wildman–Crippen MR) is 44.5 cm³/mol. The summed E-state index contributed by atoms with van der Waals surface area (Å²) in [6.07, 6.45) is 5.75. The summed E-state index contributed by atoms with van der Waals surface area (Å²) in [5.41, 5.74) is 0.757. The van der Waals surface area contributed by atoms with Crippen molar-refractivity contribution in [1.82, 2.24) is 10.6 Å². The highest BCUT2D eigenvalue weighted by molar-refractivity contribution is 5.06. The SMILES string of the molecule is C1CC1NC1CC2(CNC2)C1. The smallest absolute Gasteiger partial charge is 0.00821 e. The van der Waals surface area contributed by atoms with Crippen molar-refractivity contribution in [3.8, 4) is 0 Å². The van der Waals surface area contributed by atoms with Crippen molar-refractivity contribution in [2.24, 2.45) is 5.41 Å². The second kappa shape index (κ2) is 1.99. The first-order valence-corrected chi connectivity index (χ1v) is 4.83. The summed E-state index contributed by atoms with van der Waals surface area (Å²) in [5.74, 6) is 0. The van der Waals surface area contributed by atoms with Gasteiger partial charge in [-0.15, -0.1) is 0 Å². The molecule has 0 unspecified atom stereocenters. The molecule has 1 aliphatic heterocycles. The fourth-order valence-corrected chi connectivity index (χ4v) is 2.45. The van der Waals surface area contributed by atoms with E-state index in [0.717, 1.165) is 17.5 Å². The fourth-order valence-electron chi connectivity index (χ4n) is 2.45. The van der Waals surface area contributed by atoms with E-state index in [0.29, 0.717) is 0 Å². The van der Waals surface area contributed by atoms with Crippen LogP contribution in [0.1, 0.15) is 25.7 Å². The fraction of sp³-hybridized carbons (Fsp3) is 1.00. The van der Waals surface area contributed by atoms with Crippen LogP contribution in [0, 0.1) is 5.41 Å². The summed E-state index contributed by atoms with van der Waals surface area (Å²) in [4.78, 5) is 0. The van der Waals surface area contributed by atoms with Gasteiger partial charge in [-0.25, -0.2) is 0 Å². The van der Waals surface area contributed by atoms with E-state index in [-0.39, 0.29) is 0 Å². The minimum Gasteiger partial charge on any atom is -0.316 e. The highest BCUT2D eigenvalue weighted by atomic mass is 15.1. The van der Waals surface area contributed by atoms with Gasteiger partial charge in [-0.05, 0) is 31.1 Å². The van der Waals surface area contributed by atoms with Crippen LogP contribution in [0.25, 0.3) is 0 Å². The molecule has 0 aromatic rings. The summed E-state index contributed by atoms with van der Waals surface area (Å²) in [6, 6.07) is 1.79. The van der Waals surface area contributed by atoms with Gasteiger partial charge in [0.25, 0.3) is 0 Å². The number of hydrogen-bond acceptors (Lipinski definition) is 2. The van der Waals surface area contributed by atoms with Gasteiger partial charge in [0.15, 0.2) is 0 Å². The van der Waals surface area contributed by atoms with E-state index in [1.165, 1.54) is 38.8 Å². The molecule has 0 bridgehead atoms. The summed E-state index contributed by atoms with van der Waals surface area (Å²) >= 11 is 0. The van der Waals surface area contributed by atoms with Crippen molar-refractivity contribution in [1.29, 1.82) is 0 Å². The summed E-state index contributed by atoms with van der Waals surface area (Å²) in [5, 5.41) is 7.05. The van der Waals surface area contributed by atoms with Gasteiger partial charge in [0.05, 0.1) is 0 Å². The Morgan fingerprint density at radius 1 is 1.09 bits per heavy atom. The average Bonchev–Trinajstić information content (AvgIpc) is 2.54. The quantitative estimate of drug-likeness (QED) is 0.602. The minimum atomic E-state index is 0.757. The average molecular weight is 152 g/mol. The second-order valence-electron chi connectivity index (χ2n) is 4.65. The van der Waals surface area contributed by atoms with Crippen LogP contribution in [0.2, 0.25) is 0 Å². The summed E-state index contributed by atoms with van der Waals surface area (Å²) < 4.78 is 0. The zero-order chi connectivity index (χ0) is 7.31. The molecular formula is C9H16N2. The Hall–Kier alpha value is -0.0800. The van der Waals surface area contributed by atoms with Gasteiger partial charge in [-0.1, -0.05) is 0 Å². The monoisotopic (exact) mass is 152 g/mol. The molecule has 0 atom stereocenters. The van der Waals surface area contributed by atoms with Gasteiger partial charge in [-0.2, -0.15) is 0 Å². The van der Waals surface area contributed by atoms with Gasteiger partial charge in [-0.3, -0.25) is 0 Å². The maximum absolute atomic E-state index is 3.69. The van der Waals surface area contributed by atoms with Crippen molar-refractivity contribution in [2.75, 3.05) is 13.1 Å². The van der Waals surface area contributed by atoms with Crippen molar-refractivity contribution in [3.05, 3.63) is 0 Å². The lowest BCUT2D eigenvalue weighted by Crippen LogP contribution is -2.64. The number of hydrogen-bond donors (Lipinski definition) is 2. The Balaban J connectivity index is 1.47. The van der Waals surface area contributed by atoms with Crippen LogP contribution < -0.4 is 10.6 Å². The molecule has 3 fully saturated rings. The molecule has 1 saturated heterocycles. The Bertz CT molecular complexity index is 162. The molecule has 2 heteroatoms. The Labute approximate surface area is 67.7 Å². The topological polar surface area (TPSA) is 24.1 Å².